The maximum absolute atomic E-state index is 11.8. The lowest BCUT2D eigenvalue weighted by molar-refractivity contribution is -0.126. The van der Waals surface area contributed by atoms with Crippen LogP contribution in [0.15, 0.2) is 0 Å². The summed E-state index contributed by atoms with van der Waals surface area (Å²) < 4.78 is -0.838. The summed E-state index contributed by atoms with van der Waals surface area (Å²) in [5.41, 5.74) is -0.557. The molecule has 2 aliphatic rings. The van der Waals surface area contributed by atoms with E-state index in [9.17, 15) is 4.79 Å². The standard InChI is InChI=1S/C10H15Cl2NO/c1-9(6-10(9,11)12)8(14)13-7-4-2-3-5-7/h7H,2-6H2,1H3,(H,13,14)/t9-/m0/s1. The normalized spacial score (nSPS) is 35.6. The second-order valence-electron chi connectivity index (χ2n) is 4.67. The van der Waals surface area contributed by atoms with E-state index in [1.165, 1.54) is 12.8 Å². The van der Waals surface area contributed by atoms with Gasteiger partial charge in [0, 0.05) is 6.04 Å². The van der Waals surface area contributed by atoms with E-state index in [1.807, 2.05) is 6.92 Å². The predicted molar refractivity (Wildman–Crippen MR) is 57.6 cm³/mol. The van der Waals surface area contributed by atoms with E-state index in [2.05, 4.69) is 5.32 Å². The number of hydrogen-bond acceptors (Lipinski definition) is 1. The van der Waals surface area contributed by atoms with E-state index in [0.29, 0.717) is 12.5 Å². The van der Waals surface area contributed by atoms with Gasteiger partial charge in [0.15, 0.2) is 0 Å². The molecule has 2 aliphatic carbocycles. The highest BCUT2D eigenvalue weighted by Gasteiger charge is 2.68. The summed E-state index contributed by atoms with van der Waals surface area (Å²) in [6.07, 6.45) is 5.20. The summed E-state index contributed by atoms with van der Waals surface area (Å²) in [5.74, 6) is 0.0226. The van der Waals surface area contributed by atoms with Crippen LogP contribution in [0.4, 0.5) is 0 Å². The van der Waals surface area contributed by atoms with Crippen LogP contribution >= 0.6 is 23.2 Å². The fourth-order valence-electron chi connectivity index (χ4n) is 2.06. The Bertz CT molecular complexity index is 261. The number of alkyl halides is 2. The van der Waals surface area contributed by atoms with Crippen molar-refractivity contribution in [2.45, 2.75) is 49.4 Å². The van der Waals surface area contributed by atoms with Crippen LogP contribution in [0.5, 0.6) is 0 Å². The van der Waals surface area contributed by atoms with Crippen LogP contribution in [0.1, 0.15) is 39.0 Å². The minimum atomic E-state index is -0.838. The van der Waals surface area contributed by atoms with E-state index in [-0.39, 0.29) is 5.91 Å². The molecule has 1 atom stereocenters. The molecule has 0 heterocycles. The van der Waals surface area contributed by atoms with Crippen molar-refractivity contribution in [2.75, 3.05) is 0 Å². The Balaban J connectivity index is 1.90. The molecule has 2 fully saturated rings. The van der Waals surface area contributed by atoms with Crippen molar-refractivity contribution in [2.24, 2.45) is 5.41 Å². The van der Waals surface area contributed by atoms with Gasteiger partial charge in [0.05, 0.1) is 5.41 Å². The zero-order valence-electron chi connectivity index (χ0n) is 8.28. The van der Waals surface area contributed by atoms with Crippen LogP contribution in [0, 0.1) is 5.41 Å². The lowest BCUT2D eigenvalue weighted by atomic mass is 10.1. The van der Waals surface area contributed by atoms with E-state index < -0.39 is 9.75 Å². The molecular weight excluding hydrogens is 221 g/mol. The first-order valence-electron chi connectivity index (χ1n) is 5.14. The summed E-state index contributed by atoms with van der Waals surface area (Å²) in [6.45, 7) is 1.83. The quantitative estimate of drug-likeness (QED) is 0.733. The lowest BCUT2D eigenvalue weighted by Crippen LogP contribution is -2.39. The minimum absolute atomic E-state index is 0.0226. The maximum atomic E-state index is 11.8. The molecule has 0 aromatic rings. The van der Waals surface area contributed by atoms with Gasteiger partial charge in [-0.15, -0.1) is 23.2 Å². The molecule has 0 aliphatic heterocycles. The topological polar surface area (TPSA) is 29.1 Å². The molecule has 0 saturated heterocycles. The van der Waals surface area contributed by atoms with Crippen LogP contribution in [0.3, 0.4) is 0 Å². The van der Waals surface area contributed by atoms with Crippen molar-refractivity contribution >= 4 is 29.1 Å². The third-order valence-electron chi connectivity index (χ3n) is 3.45. The first kappa shape index (κ1) is 10.6. The monoisotopic (exact) mass is 235 g/mol. The highest BCUT2D eigenvalue weighted by molar-refractivity contribution is 6.53. The molecule has 14 heavy (non-hydrogen) atoms. The van der Waals surface area contributed by atoms with Crippen LogP contribution in [0.25, 0.3) is 0 Å². The second kappa shape index (κ2) is 3.28. The number of rotatable bonds is 2. The highest BCUT2D eigenvalue weighted by atomic mass is 35.5. The van der Waals surface area contributed by atoms with E-state index >= 15 is 0 Å². The van der Waals surface area contributed by atoms with Crippen LogP contribution in [-0.2, 0) is 4.79 Å². The van der Waals surface area contributed by atoms with E-state index in [4.69, 9.17) is 23.2 Å². The molecule has 2 nitrogen and oxygen atoms in total. The Morgan fingerprint density at radius 2 is 1.86 bits per heavy atom. The Hall–Kier alpha value is 0.0500. The summed E-state index contributed by atoms with van der Waals surface area (Å²) in [6, 6.07) is 0.351. The van der Waals surface area contributed by atoms with E-state index in [0.717, 1.165) is 12.8 Å². The molecular formula is C10H15Cl2NO. The van der Waals surface area contributed by atoms with Gasteiger partial charge in [-0.2, -0.15) is 0 Å². The van der Waals surface area contributed by atoms with Gasteiger partial charge in [-0.05, 0) is 26.2 Å². The first-order chi connectivity index (χ1) is 6.46. The maximum Gasteiger partial charge on any atom is 0.229 e. The molecule has 2 saturated carbocycles. The molecule has 0 unspecified atom stereocenters. The lowest BCUT2D eigenvalue weighted by Gasteiger charge is -2.17. The van der Waals surface area contributed by atoms with Crippen molar-refractivity contribution in [3.05, 3.63) is 0 Å². The minimum Gasteiger partial charge on any atom is -0.353 e. The van der Waals surface area contributed by atoms with Crippen molar-refractivity contribution < 1.29 is 4.79 Å². The largest absolute Gasteiger partial charge is 0.353 e. The molecule has 0 aromatic heterocycles. The van der Waals surface area contributed by atoms with Gasteiger partial charge in [0.1, 0.15) is 4.33 Å². The number of halogens is 2. The molecule has 2 rings (SSSR count). The summed E-state index contributed by atoms with van der Waals surface area (Å²) >= 11 is 11.9. The van der Waals surface area contributed by atoms with Crippen molar-refractivity contribution in [1.82, 2.24) is 5.32 Å². The fourth-order valence-corrected chi connectivity index (χ4v) is 2.77. The van der Waals surface area contributed by atoms with Gasteiger partial charge in [-0.3, -0.25) is 4.79 Å². The fraction of sp³-hybridized carbons (Fsp3) is 0.900. The van der Waals surface area contributed by atoms with Crippen molar-refractivity contribution in [3.63, 3.8) is 0 Å². The summed E-state index contributed by atoms with van der Waals surface area (Å²) in [4.78, 5) is 11.8. The molecule has 4 heteroatoms. The molecule has 80 valence electrons. The average molecular weight is 236 g/mol. The predicted octanol–water partition coefficient (Wildman–Crippen LogP) is 2.63. The number of hydrogen-bond donors (Lipinski definition) is 1. The average Bonchev–Trinajstić information content (AvgIpc) is 2.54. The summed E-state index contributed by atoms with van der Waals surface area (Å²) in [7, 11) is 0. The van der Waals surface area contributed by atoms with Crippen molar-refractivity contribution in [1.29, 1.82) is 0 Å². The number of carbonyl (C=O) groups is 1. The molecule has 0 spiro atoms. The van der Waals surface area contributed by atoms with Crippen LogP contribution < -0.4 is 5.32 Å². The number of carbonyl (C=O) groups excluding carboxylic acids is 1. The van der Waals surface area contributed by atoms with Gasteiger partial charge in [-0.1, -0.05) is 12.8 Å². The second-order valence-corrected chi connectivity index (χ2v) is 6.15. The molecule has 1 N–H and O–H groups in total. The van der Waals surface area contributed by atoms with Gasteiger partial charge in [-0.25, -0.2) is 0 Å². The van der Waals surface area contributed by atoms with Crippen LogP contribution in [-0.4, -0.2) is 16.3 Å². The smallest absolute Gasteiger partial charge is 0.229 e. The number of nitrogens with one attached hydrogen (secondary N) is 1. The van der Waals surface area contributed by atoms with Crippen molar-refractivity contribution in [3.8, 4) is 0 Å². The SMILES string of the molecule is C[C@@]1(C(=O)NC2CCCC2)CC1(Cl)Cl. The zero-order chi connectivity index (χ0) is 10.4. The molecule has 0 aromatic carbocycles. The Morgan fingerprint density at radius 1 is 1.36 bits per heavy atom. The Morgan fingerprint density at radius 3 is 2.29 bits per heavy atom. The van der Waals surface area contributed by atoms with Gasteiger partial charge in [0.2, 0.25) is 5.91 Å². The Kier molecular flexibility index (Phi) is 2.47. The molecule has 0 bridgehead atoms. The molecule has 1 amide bonds. The first-order valence-corrected chi connectivity index (χ1v) is 5.90. The van der Waals surface area contributed by atoms with E-state index in [1.54, 1.807) is 0 Å². The third-order valence-corrected chi connectivity index (χ3v) is 4.55. The third kappa shape index (κ3) is 1.63. The zero-order valence-corrected chi connectivity index (χ0v) is 9.79. The Labute approximate surface area is 94.3 Å². The van der Waals surface area contributed by atoms with Gasteiger partial charge >= 0.3 is 0 Å². The number of amides is 1. The van der Waals surface area contributed by atoms with Gasteiger partial charge < -0.3 is 5.32 Å². The van der Waals surface area contributed by atoms with Crippen LogP contribution in [0.2, 0.25) is 0 Å². The molecule has 0 radical (unpaired) electrons. The summed E-state index contributed by atoms with van der Waals surface area (Å²) in [5, 5.41) is 3.03. The highest BCUT2D eigenvalue weighted by Crippen LogP contribution is 2.63. The van der Waals surface area contributed by atoms with Gasteiger partial charge in [0.25, 0.3) is 0 Å².